The molecule has 0 aliphatic heterocycles. The van der Waals surface area contributed by atoms with Gasteiger partial charge in [-0.05, 0) is 24.7 Å². The predicted molar refractivity (Wildman–Crippen MR) is 69.5 cm³/mol. The van der Waals surface area contributed by atoms with Crippen molar-refractivity contribution in [3.8, 4) is 0 Å². The molecule has 0 bridgehead atoms. The van der Waals surface area contributed by atoms with Gasteiger partial charge in [0.15, 0.2) is 5.82 Å². The van der Waals surface area contributed by atoms with Crippen molar-refractivity contribution >= 4 is 17.4 Å². The second-order valence-corrected chi connectivity index (χ2v) is 5.19. The molecule has 5 heteroatoms. The van der Waals surface area contributed by atoms with Gasteiger partial charge in [-0.2, -0.15) is 0 Å². The van der Waals surface area contributed by atoms with Crippen molar-refractivity contribution in [1.82, 2.24) is 9.97 Å². The third-order valence-electron chi connectivity index (χ3n) is 3.84. The van der Waals surface area contributed by atoms with E-state index in [2.05, 4.69) is 22.2 Å². The molecule has 0 atom stereocenters. The van der Waals surface area contributed by atoms with E-state index < -0.39 is 0 Å². The van der Waals surface area contributed by atoms with Crippen molar-refractivity contribution in [3.05, 3.63) is 21.7 Å². The fourth-order valence-electron chi connectivity index (χ4n) is 2.56. The number of hydrogen-bond acceptors (Lipinski definition) is 3. The summed E-state index contributed by atoms with van der Waals surface area (Å²) in [5.74, 6) is 0.496. The highest BCUT2D eigenvalue weighted by atomic mass is 35.5. The van der Waals surface area contributed by atoms with Gasteiger partial charge in [0, 0.05) is 6.54 Å². The summed E-state index contributed by atoms with van der Waals surface area (Å²) in [6, 6.07) is 0. The molecule has 1 heterocycles. The summed E-state index contributed by atoms with van der Waals surface area (Å²) in [6.45, 7) is 3.07. The molecule has 1 aromatic heterocycles. The first-order valence-electron chi connectivity index (χ1n) is 6.14. The van der Waals surface area contributed by atoms with Crippen LogP contribution in [0, 0.1) is 5.41 Å². The molecular weight excluding hydrogens is 238 g/mol. The quantitative estimate of drug-likeness (QED) is 0.870. The molecule has 2 rings (SSSR count). The highest BCUT2D eigenvalue weighted by molar-refractivity contribution is 6.32. The maximum absolute atomic E-state index is 11.3. The molecule has 0 spiro atoms. The molecule has 1 aromatic rings. The van der Waals surface area contributed by atoms with Gasteiger partial charge < -0.3 is 10.3 Å². The molecule has 0 saturated heterocycles. The van der Waals surface area contributed by atoms with Crippen LogP contribution in [-0.4, -0.2) is 16.5 Å². The summed E-state index contributed by atoms with van der Waals surface area (Å²) in [6.07, 6.45) is 7.62. The van der Waals surface area contributed by atoms with Crippen molar-refractivity contribution in [3.63, 3.8) is 0 Å². The number of aromatic amines is 1. The monoisotopic (exact) mass is 255 g/mol. The fraction of sp³-hybridized carbons (Fsp3) is 0.667. The van der Waals surface area contributed by atoms with Gasteiger partial charge in [0.1, 0.15) is 5.02 Å². The van der Waals surface area contributed by atoms with Crippen LogP contribution in [0.3, 0.4) is 0 Å². The molecule has 4 nitrogen and oxygen atoms in total. The molecule has 1 aliphatic carbocycles. The summed E-state index contributed by atoms with van der Waals surface area (Å²) in [5.41, 5.74) is 0.0642. The van der Waals surface area contributed by atoms with Gasteiger partial charge >= 0.3 is 0 Å². The Morgan fingerprint density at radius 2 is 2.24 bits per heavy atom. The highest BCUT2D eigenvalue weighted by Crippen LogP contribution is 2.40. The number of nitrogens with one attached hydrogen (secondary N) is 2. The lowest BCUT2D eigenvalue weighted by atomic mass is 9.83. The normalized spacial score (nSPS) is 18.2. The van der Waals surface area contributed by atoms with Gasteiger partial charge in [0.05, 0.1) is 6.33 Å². The number of H-pyrrole nitrogens is 1. The molecule has 17 heavy (non-hydrogen) atoms. The number of hydrogen-bond donors (Lipinski definition) is 2. The maximum atomic E-state index is 11.3. The fourth-order valence-corrected chi connectivity index (χ4v) is 2.73. The van der Waals surface area contributed by atoms with Crippen LogP contribution in [-0.2, 0) is 0 Å². The average molecular weight is 256 g/mol. The smallest absolute Gasteiger partial charge is 0.271 e. The van der Waals surface area contributed by atoms with Crippen LogP contribution in [0.4, 0.5) is 5.82 Å². The molecule has 1 fully saturated rings. The maximum Gasteiger partial charge on any atom is 0.271 e. The van der Waals surface area contributed by atoms with E-state index in [-0.39, 0.29) is 10.6 Å². The van der Waals surface area contributed by atoms with Crippen molar-refractivity contribution in [1.29, 1.82) is 0 Å². The predicted octanol–water partition coefficient (Wildman–Crippen LogP) is 2.81. The molecule has 0 amide bonds. The van der Waals surface area contributed by atoms with Crippen LogP contribution in [0.15, 0.2) is 11.1 Å². The largest absolute Gasteiger partial charge is 0.368 e. The standard InChI is InChI=1S/C12H18ClN3O/c1-2-12(5-3-4-6-12)7-14-10-9(13)11(17)16-8-15-10/h8H,2-7H2,1H3,(H2,14,15,16,17). The van der Waals surface area contributed by atoms with Gasteiger partial charge in [-0.25, -0.2) is 4.98 Å². The highest BCUT2D eigenvalue weighted by Gasteiger charge is 2.31. The second-order valence-electron chi connectivity index (χ2n) is 4.81. The SMILES string of the molecule is CCC1(CNc2nc[nH]c(=O)c2Cl)CCCC1. The van der Waals surface area contributed by atoms with E-state index in [9.17, 15) is 4.79 Å². The third kappa shape index (κ3) is 2.63. The number of rotatable bonds is 4. The van der Waals surface area contributed by atoms with Gasteiger partial charge in [-0.3, -0.25) is 4.79 Å². The van der Waals surface area contributed by atoms with E-state index in [0.717, 1.165) is 13.0 Å². The average Bonchev–Trinajstić information content (AvgIpc) is 2.81. The molecule has 0 radical (unpaired) electrons. The second kappa shape index (κ2) is 5.08. The minimum absolute atomic E-state index is 0.150. The van der Waals surface area contributed by atoms with E-state index in [0.29, 0.717) is 11.2 Å². The van der Waals surface area contributed by atoms with Crippen LogP contribution >= 0.6 is 11.6 Å². The van der Waals surface area contributed by atoms with E-state index in [4.69, 9.17) is 11.6 Å². The lowest BCUT2D eigenvalue weighted by Crippen LogP contribution is -2.27. The van der Waals surface area contributed by atoms with Crippen molar-refractivity contribution < 1.29 is 0 Å². The van der Waals surface area contributed by atoms with Gasteiger partial charge in [-0.1, -0.05) is 31.4 Å². The summed E-state index contributed by atoms with van der Waals surface area (Å²) in [4.78, 5) is 17.8. The van der Waals surface area contributed by atoms with E-state index in [1.54, 1.807) is 0 Å². The summed E-state index contributed by atoms with van der Waals surface area (Å²) in [7, 11) is 0. The summed E-state index contributed by atoms with van der Waals surface area (Å²) >= 11 is 5.90. The first kappa shape index (κ1) is 12.4. The lowest BCUT2D eigenvalue weighted by Gasteiger charge is -2.27. The Hall–Kier alpha value is -1.03. The minimum atomic E-state index is -0.291. The van der Waals surface area contributed by atoms with E-state index >= 15 is 0 Å². The zero-order valence-electron chi connectivity index (χ0n) is 10.1. The van der Waals surface area contributed by atoms with Crippen molar-refractivity contribution in [2.75, 3.05) is 11.9 Å². The molecule has 2 N–H and O–H groups in total. The van der Waals surface area contributed by atoms with Gasteiger partial charge in [-0.15, -0.1) is 0 Å². The molecule has 1 aliphatic rings. The Bertz CT molecular complexity index is 438. The number of aromatic nitrogens is 2. The van der Waals surface area contributed by atoms with Crippen LogP contribution in [0.5, 0.6) is 0 Å². The topological polar surface area (TPSA) is 57.8 Å². The zero-order valence-corrected chi connectivity index (χ0v) is 10.8. The first-order valence-corrected chi connectivity index (χ1v) is 6.52. The summed E-state index contributed by atoms with van der Waals surface area (Å²) < 4.78 is 0. The van der Waals surface area contributed by atoms with Crippen molar-refractivity contribution in [2.45, 2.75) is 39.0 Å². The molecule has 0 aromatic carbocycles. The van der Waals surface area contributed by atoms with Crippen LogP contribution in [0.2, 0.25) is 5.02 Å². The van der Waals surface area contributed by atoms with E-state index in [1.165, 1.54) is 32.0 Å². The van der Waals surface area contributed by atoms with Gasteiger partial charge in [0.25, 0.3) is 5.56 Å². The Kier molecular flexibility index (Phi) is 3.72. The Morgan fingerprint density at radius 1 is 1.53 bits per heavy atom. The Labute approximate surface area is 106 Å². The Balaban J connectivity index is 2.06. The van der Waals surface area contributed by atoms with E-state index in [1.807, 2.05) is 0 Å². The molecule has 94 valence electrons. The van der Waals surface area contributed by atoms with Crippen LogP contribution in [0.25, 0.3) is 0 Å². The number of anilines is 1. The Morgan fingerprint density at radius 3 is 2.88 bits per heavy atom. The molecule has 1 saturated carbocycles. The third-order valence-corrected chi connectivity index (χ3v) is 4.19. The summed E-state index contributed by atoms with van der Waals surface area (Å²) in [5, 5.41) is 3.37. The molecular formula is C12H18ClN3O. The number of nitrogens with zero attached hydrogens (tertiary/aromatic N) is 1. The van der Waals surface area contributed by atoms with Crippen LogP contribution < -0.4 is 10.9 Å². The van der Waals surface area contributed by atoms with Crippen LogP contribution in [0.1, 0.15) is 39.0 Å². The van der Waals surface area contributed by atoms with Crippen molar-refractivity contribution in [2.24, 2.45) is 5.41 Å². The first-order chi connectivity index (χ1) is 8.17. The van der Waals surface area contributed by atoms with Gasteiger partial charge in [0.2, 0.25) is 0 Å². The minimum Gasteiger partial charge on any atom is -0.368 e. The lowest BCUT2D eigenvalue weighted by molar-refractivity contribution is 0.306. The zero-order chi connectivity index (χ0) is 12.3. The molecule has 0 unspecified atom stereocenters. The number of halogens is 1.